The molecule has 0 aromatic heterocycles. The predicted octanol–water partition coefficient (Wildman–Crippen LogP) is 3.03. The Morgan fingerprint density at radius 2 is 1.94 bits per heavy atom. The molecule has 1 aliphatic carbocycles. The van der Waals surface area contributed by atoms with Crippen LogP contribution in [0.1, 0.15) is 53.4 Å². The molecule has 0 aromatic rings. The molecule has 3 heteroatoms. The van der Waals surface area contributed by atoms with Crippen LogP contribution in [-0.2, 0) is 0 Å². The molecular formula is C14H25BN2. The van der Waals surface area contributed by atoms with Gasteiger partial charge in [0.2, 0.25) is 0 Å². The standard InChI is InChI=1S/C14H25BN2/c1-9(2)14-16-12-8-11(15)6-5-7-13(12)17(14)10(3)4/h9-13H,5-8H2,1-4H3. The number of rotatable bonds is 2. The Balaban J connectivity index is 2.23. The second-order valence-electron chi connectivity index (χ2n) is 6.20. The summed E-state index contributed by atoms with van der Waals surface area (Å²) in [5.41, 5.74) is 0. The minimum Gasteiger partial charge on any atom is -0.353 e. The molecule has 3 atom stereocenters. The van der Waals surface area contributed by atoms with Crippen LogP contribution >= 0.6 is 0 Å². The zero-order valence-corrected chi connectivity index (χ0v) is 11.7. The van der Waals surface area contributed by atoms with Gasteiger partial charge in [-0.1, -0.05) is 32.5 Å². The minimum absolute atomic E-state index is 0.356. The Kier molecular flexibility index (Phi) is 3.84. The molecule has 1 fully saturated rings. The van der Waals surface area contributed by atoms with Gasteiger partial charge in [-0.3, -0.25) is 4.99 Å². The van der Waals surface area contributed by atoms with E-state index in [0.29, 0.717) is 29.9 Å². The first-order valence-electron chi connectivity index (χ1n) is 7.12. The molecule has 1 heterocycles. The van der Waals surface area contributed by atoms with Crippen molar-refractivity contribution in [2.24, 2.45) is 10.9 Å². The van der Waals surface area contributed by atoms with Gasteiger partial charge < -0.3 is 4.90 Å². The smallest absolute Gasteiger partial charge is 0.102 e. The monoisotopic (exact) mass is 232 g/mol. The summed E-state index contributed by atoms with van der Waals surface area (Å²) in [6.07, 6.45) is 4.76. The van der Waals surface area contributed by atoms with Gasteiger partial charge in [0.05, 0.1) is 19.9 Å². The lowest BCUT2D eigenvalue weighted by atomic mass is 9.80. The third-order valence-electron chi connectivity index (χ3n) is 4.06. The van der Waals surface area contributed by atoms with E-state index in [1.54, 1.807) is 0 Å². The van der Waals surface area contributed by atoms with E-state index in [2.05, 4.69) is 32.6 Å². The molecular weight excluding hydrogens is 207 g/mol. The van der Waals surface area contributed by atoms with Crippen molar-refractivity contribution in [3.05, 3.63) is 0 Å². The lowest BCUT2D eigenvalue weighted by Crippen LogP contribution is -2.45. The van der Waals surface area contributed by atoms with Gasteiger partial charge in [-0.25, -0.2) is 0 Å². The van der Waals surface area contributed by atoms with Gasteiger partial charge in [-0.15, -0.1) is 0 Å². The summed E-state index contributed by atoms with van der Waals surface area (Å²) < 4.78 is 0. The molecule has 2 rings (SSSR count). The summed E-state index contributed by atoms with van der Waals surface area (Å²) in [4.78, 5) is 7.55. The molecule has 0 spiro atoms. The average molecular weight is 232 g/mol. The van der Waals surface area contributed by atoms with Crippen molar-refractivity contribution >= 4 is 13.7 Å². The minimum atomic E-state index is 0.356. The van der Waals surface area contributed by atoms with Crippen LogP contribution in [0.2, 0.25) is 5.82 Å². The normalized spacial score (nSPS) is 33.9. The van der Waals surface area contributed by atoms with Gasteiger partial charge in [0.25, 0.3) is 0 Å². The number of hydrogen-bond acceptors (Lipinski definition) is 2. The fraction of sp³-hybridized carbons (Fsp3) is 0.929. The van der Waals surface area contributed by atoms with Gasteiger partial charge in [-0.2, -0.15) is 0 Å². The van der Waals surface area contributed by atoms with Gasteiger partial charge in [0.1, 0.15) is 5.84 Å². The molecule has 94 valence electrons. The Morgan fingerprint density at radius 3 is 2.53 bits per heavy atom. The molecule has 2 nitrogen and oxygen atoms in total. The number of fused-ring (bicyclic) bond motifs is 1. The molecule has 0 amide bonds. The van der Waals surface area contributed by atoms with Crippen molar-refractivity contribution in [2.75, 3.05) is 0 Å². The molecule has 2 aliphatic rings. The molecule has 0 N–H and O–H groups in total. The zero-order valence-electron chi connectivity index (χ0n) is 11.7. The predicted molar refractivity (Wildman–Crippen MR) is 74.8 cm³/mol. The zero-order chi connectivity index (χ0) is 12.6. The van der Waals surface area contributed by atoms with Crippen LogP contribution in [0.5, 0.6) is 0 Å². The van der Waals surface area contributed by atoms with Gasteiger partial charge in [0, 0.05) is 12.0 Å². The topological polar surface area (TPSA) is 15.6 Å². The molecule has 17 heavy (non-hydrogen) atoms. The Morgan fingerprint density at radius 1 is 1.24 bits per heavy atom. The summed E-state index contributed by atoms with van der Waals surface area (Å²) >= 11 is 0. The number of nitrogens with zero attached hydrogens (tertiary/aromatic N) is 2. The second kappa shape index (κ2) is 5.03. The SMILES string of the molecule is [B]C1CCCC2C(C1)N=C(C(C)C)N2C(C)C. The first-order valence-corrected chi connectivity index (χ1v) is 7.12. The first-order chi connectivity index (χ1) is 8.00. The summed E-state index contributed by atoms with van der Waals surface area (Å²) in [6.45, 7) is 9.06. The number of aliphatic imine (C=N–C) groups is 1. The highest BCUT2D eigenvalue weighted by molar-refractivity contribution is 6.11. The number of hydrogen-bond donors (Lipinski definition) is 0. The largest absolute Gasteiger partial charge is 0.353 e. The van der Waals surface area contributed by atoms with Gasteiger partial charge >= 0.3 is 0 Å². The highest BCUT2D eigenvalue weighted by Gasteiger charge is 2.39. The van der Waals surface area contributed by atoms with Crippen molar-refractivity contribution in [1.29, 1.82) is 0 Å². The van der Waals surface area contributed by atoms with Crippen LogP contribution < -0.4 is 0 Å². The average Bonchev–Trinajstić information content (AvgIpc) is 2.48. The molecule has 1 aliphatic heterocycles. The summed E-state index contributed by atoms with van der Waals surface area (Å²) in [6, 6.07) is 1.62. The lowest BCUT2D eigenvalue weighted by molar-refractivity contribution is 0.240. The van der Waals surface area contributed by atoms with E-state index in [1.165, 1.54) is 25.1 Å². The van der Waals surface area contributed by atoms with Gasteiger partial charge in [0.15, 0.2) is 0 Å². The third-order valence-corrected chi connectivity index (χ3v) is 4.06. The third kappa shape index (κ3) is 2.53. The van der Waals surface area contributed by atoms with E-state index in [1.807, 2.05) is 0 Å². The highest BCUT2D eigenvalue weighted by Crippen LogP contribution is 2.36. The number of amidine groups is 1. The maximum atomic E-state index is 6.15. The summed E-state index contributed by atoms with van der Waals surface area (Å²) in [5, 5.41) is 0. The van der Waals surface area contributed by atoms with Crippen LogP contribution in [0.15, 0.2) is 4.99 Å². The Bertz CT molecular complexity index is 299. The summed E-state index contributed by atoms with van der Waals surface area (Å²) in [7, 11) is 6.15. The fourth-order valence-corrected chi connectivity index (χ4v) is 3.33. The van der Waals surface area contributed by atoms with Crippen molar-refractivity contribution in [2.45, 2.75) is 77.3 Å². The van der Waals surface area contributed by atoms with Crippen molar-refractivity contribution < 1.29 is 0 Å². The van der Waals surface area contributed by atoms with Crippen molar-refractivity contribution in [1.82, 2.24) is 4.90 Å². The second-order valence-corrected chi connectivity index (χ2v) is 6.20. The van der Waals surface area contributed by atoms with E-state index in [4.69, 9.17) is 12.8 Å². The quantitative estimate of drug-likeness (QED) is 0.668. The van der Waals surface area contributed by atoms with E-state index in [-0.39, 0.29) is 0 Å². The maximum absolute atomic E-state index is 6.15. The van der Waals surface area contributed by atoms with Crippen LogP contribution in [0.25, 0.3) is 0 Å². The Labute approximate surface area is 107 Å². The van der Waals surface area contributed by atoms with Crippen LogP contribution in [0, 0.1) is 5.92 Å². The molecule has 0 aromatic carbocycles. The van der Waals surface area contributed by atoms with Crippen LogP contribution in [0.3, 0.4) is 0 Å². The molecule has 3 unspecified atom stereocenters. The van der Waals surface area contributed by atoms with E-state index in [0.717, 1.165) is 6.42 Å². The molecule has 0 saturated heterocycles. The van der Waals surface area contributed by atoms with Crippen LogP contribution in [0.4, 0.5) is 0 Å². The Hall–Kier alpha value is -0.465. The van der Waals surface area contributed by atoms with E-state index in [9.17, 15) is 0 Å². The molecule has 0 bridgehead atoms. The summed E-state index contributed by atoms with van der Waals surface area (Å²) in [5.74, 6) is 2.19. The molecule has 2 radical (unpaired) electrons. The van der Waals surface area contributed by atoms with Crippen molar-refractivity contribution in [3.63, 3.8) is 0 Å². The maximum Gasteiger partial charge on any atom is 0.102 e. The van der Waals surface area contributed by atoms with E-state index < -0.39 is 0 Å². The van der Waals surface area contributed by atoms with Crippen LogP contribution in [-0.4, -0.2) is 36.7 Å². The van der Waals surface area contributed by atoms with Crippen molar-refractivity contribution in [3.8, 4) is 0 Å². The fourth-order valence-electron chi connectivity index (χ4n) is 3.33. The van der Waals surface area contributed by atoms with E-state index >= 15 is 0 Å². The van der Waals surface area contributed by atoms with Gasteiger partial charge in [-0.05, 0) is 26.7 Å². The lowest BCUT2D eigenvalue weighted by Gasteiger charge is -2.34. The first kappa shape index (κ1) is 13.0. The molecule has 1 saturated carbocycles. The highest BCUT2D eigenvalue weighted by atomic mass is 15.3.